The van der Waals surface area contributed by atoms with Crippen molar-refractivity contribution in [1.82, 2.24) is 4.90 Å². The van der Waals surface area contributed by atoms with Crippen LogP contribution < -0.4 is 4.90 Å². The van der Waals surface area contributed by atoms with Gasteiger partial charge in [0.1, 0.15) is 0 Å². The molecular weight excluding hydrogens is 336 g/mol. The van der Waals surface area contributed by atoms with Gasteiger partial charge in [-0.05, 0) is 23.8 Å². The van der Waals surface area contributed by atoms with E-state index in [-0.39, 0.29) is 0 Å². The number of ether oxygens (including phenoxy) is 1. The molecule has 2 aromatic carbocycles. The van der Waals surface area contributed by atoms with Gasteiger partial charge in [0, 0.05) is 43.4 Å². The molecule has 0 aliphatic carbocycles. The Hall–Kier alpha value is -1.59. The first-order valence-corrected chi connectivity index (χ1v) is 9.11. The zero-order chi connectivity index (χ0) is 17.5. The number of aliphatic hydroxyl groups is 1. The first kappa shape index (κ1) is 18.2. The fourth-order valence-corrected chi connectivity index (χ4v) is 3.28. The third kappa shape index (κ3) is 5.72. The molecule has 0 aromatic heterocycles. The van der Waals surface area contributed by atoms with Crippen molar-refractivity contribution in [2.75, 3.05) is 44.2 Å². The summed E-state index contributed by atoms with van der Waals surface area (Å²) in [6.07, 6.45) is -0.457. The molecule has 0 saturated carbocycles. The predicted octanol–water partition coefficient (Wildman–Crippen LogP) is 3.04. The summed E-state index contributed by atoms with van der Waals surface area (Å²) in [7, 11) is 0. The maximum absolute atomic E-state index is 10.2. The van der Waals surface area contributed by atoms with Crippen LogP contribution in [0.15, 0.2) is 54.6 Å². The highest BCUT2D eigenvalue weighted by Crippen LogP contribution is 2.20. The molecule has 1 fully saturated rings. The standard InChI is InChI=1S/C20H25ClN2O2/c21-18-7-4-8-19(13-18)23-11-9-22(10-12-23)14-20(24)16-25-15-17-5-2-1-3-6-17/h1-8,13,20,24H,9-12,14-16H2/t20-/m1/s1. The minimum Gasteiger partial charge on any atom is -0.389 e. The second kappa shape index (κ2) is 9.20. The molecule has 25 heavy (non-hydrogen) atoms. The van der Waals surface area contributed by atoms with Gasteiger partial charge in [0.05, 0.1) is 19.3 Å². The minimum absolute atomic E-state index is 0.364. The van der Waals surface area contributed by atoms with Crippen LogP contribution in [0, 0.1) is 0 Å². The first-order valence-electron chi connectivity index (χ1n) is 8.73. The van der Waals surface area contributed by atoms with Gasteiger partial charge in [-0.15, -0.1) is 0 Å². The number of hydrogen-bond donors (Lipinski definition) is 1. The van der Waals surface area contributed by atoms with E-state index in [0.717, 1.165) is 36.8 Å². The predicted molar refractivity (Wildman–Crippen MR) is 102 cm³/mol. The van der Waals surface area contributed by atoms with Crippen LogP contribution in [0.4, 0.5) is 5.69 Å². The molecule has 2 aromatic rings. The van der Waals surface area contributed by atoms with Crippen molar-refractivity contribution in [1.29, 1.82) is 0 Å². The van der Waals surface area contributed by atoms with Gasteiger partial charge in [-0.25, -0.2) is 0 Å². The Kier molecular flexibility index (Phi) is 6.70. The van der Waals surface area contributed by atoms with Crippen molar-refractivity contribution in [3.05, 3.63) is 65.2 Å². The van der Waals surface area contributed by atoms with E-state index in [1.165, 1.54) is 5.69 Å². The van der Waals surface area contributed by atoms with Crippen molar-refractivity contribution in [2.45, 2.75) is 12.7 Å². The van der Waals surface area contributed by atoms with Gasteiger partial charge >= 0.3 is 0 Å². The first-order chi connectivity index (χ1) is 12.2. The van der Waals surface area contributed by atoms with Crippen LogP contribution in [0.3, 0.4) is 0 Å². The molecule has 3 rings (SSSR count). The Morgan fingerprint density at radius 2 is 1.76 bits per heavy atom. The van der Waals surface area contributed by atoms with Gasteiger partial charge < -0.3 is 14.7 Å². The number of nitrogens with zero attached hydrogens (tertiary/aromatic N) is 2. The van der Waals surface area contributed by atoms with E-state index >= 15 is 0 Å². The second-order valence-corrected chi connectivity index (χ2v) is 6.86. The smallest absolute Gasteiger partial charge is 0.0900 e. The third-order valence-electron chi connectivity index (χ3n) is 4.44. The number of aliphatic hydroxyl groups excluding tert-OH is 1. The van der Waals surface area contributed by atoms with Gasteiger partial charge in [-0.2, -0.15) is 0 Å². The Bertz CT molecular complexity index is 645. The lowest BCUT2D eigenvalue weighted by Crippen LogP contribution is -2.49. The maximum Gasteiger partial charge on any atom is 0.0900 e. The summed E-state index contributed by atoms with van der Waals surface area (Å²) < 4.78 is 5.62. The fraction of sp³-hybridized carbons (Fsp3) is 0.400. The molecule has 134 valence electrons. The van der Waals surface area contributed by atoms with Crippen molar-refractivity contribution < 1.29 is 9.84 Å². The Morgan fingerprint density at radius 3 is 2.48 bits per heavy atom. The highest BCUT2D eigenvalue weighted by atomic mass is 35.5. The molecule has 0 bridgehead atoms. The van der Waals surface area contributed by atoms with E-state index in [2.05, 4.69) is 15.9 Å². The van der Waals surface area contributed by atoms with Gasteiger partial charge in [0.2, 0.25) is 0 Å². The van der Waals surface area contributed by atoms with Gasteiger partial charge in [-0.3, -0.25) is 4.90 Å². The molecule has 1 atom stereocenters. The van der Waals surface area contributed by atoms with Crippen LogP contribution in [0.5, 0.6) is 0 Å². The number of rotatable bonds is 7. The Balaban J connectivity index is 1.37. The molecule has 0 radical (unpaired) electrons. The number of β-amino-alcohol motifs (C(OH)–C–C–N with tert-alkyl or cyclic N) is 1. The van der Waals surface area contributed by atoms with E-state index in [9.17, 15) is 5.11 Å². The molecule has 5 heteroatoms. The zero-order valence-electron chi connectivity index (χ0n) is 14.4. The van der Waals surface area contributed by atoms with Gasteiger partial charge in [0.15, 0.2) is 0 Å². The molecule has 4 nitrogen and oxygen atoms in total. The van der Waals surface area contributed by atoms with Crippen molar-refractivity contribution in [3.63, 3.8) is 0 Å². The number of piperazine rings is 1. The Morgan fingerprint density at radius 1 is 1.00 bits per heavy atom. The zero-order valence-corrected chi connectivity index (χ0v) is 15.1. The van der Waals surface area contributed by atoms with Gasteiger partial charge in [0.25, 0.3) is 0 Å². The summed E-state index contributed by atoms with van der Waals surface area (Å²) in [6, 6.07) is 18.0. The molecule has 1 heterocycles. The summed E-state index contributed by atoms with van der Waals surface area (Å²) in [5, 5.41) is 11.0. The van der Waals surface area contributed by atoms with Crippen LogP contribution in [-0.4, -0.2) is 55.4 Å². The van der Waals surface area contributed by atoms with E-state index in [0.29, 0.717) is 19.8 Å². The fourth-order valence-electron chi connectivity index (χ4n) is 3.10. The number of benzene rings is 2. The van der Waals surface area contributed by atoms with E-state index in [1.54, 1.807) is 0 Å². The van der Waals surface area contributed by atoms with Crippen LogP contribution in [-0.2, 0) is 11.3 Å². The monoisotopic (exact) mass is 360 g/mol. The summed E-state index contributed by atoms with van der Waals surface area (Å²) >= 11 is 6.07. The van der Waals surface area contributed by atoms with E-state index in [1.807, 2.05) is 48.5 Å². The lowest BCUT2D eigenvalue weighted by atomic mass is 10.2. The van der Waals surface area contributed by atoms with Crippen molar-refractivity contribution in [3.8, 4) is 0 Å². The van der Waals surface area contributed by atoms with Gasteiger partial charge in [-0.1, -0.05) is 48.0 Å². The molecule has 0 spiro atoms. The normalized spacial score (nSPS) is 16.8. The van der Waals surface area contributed by atoms with Crippen LogP contribution in [0.2, 0.25) is 5.02 Å². The molecule has 0 amide bonds. The van der Waals surface area contributed by atoms with E-state index in [4.69, 9.17) is 16.3 Å². The molecule has 1 N–H and O–H groups in total. The summed E-state index contributed by atoms with van der Waals surface area (Å²) in [6.45, 7) is 5.31. The molecule has 1 aliphatic heterocycles. The van der Waals surface area contributed by atoms with Crippen molar-refractivity contribution in [2.24, 2.45) is 0 Å². The number of halogens is 1. The van der Waals surface area contributed by atoms with Crippen LogP contribution in [0.1, 0.15) is 5.56 Å². The quantitative estimate of drug-likeness (QED) is 0.823. The SMILES string of the molecule is O[C@@H](COCc1ccccc1)CN1CCN(c2cccc(Cl)c2)CC1. The van der Waals surface area contributed by atoms with Crippen molar-refractivity contribution >= 4 is 17.3 Å². The average Bonchev–Trinajstić information content (AvgIpc) is 2.63. The van der Waals surface area contributed by atoms with E-state index < -0.39 is 6.10 Å². The molecular formula is C20H25ClN2O2. The van der Waals surface area contributed by atoms with Crippen LogP contribution in [0.25, 0.3) is 0 Å². The molecule has 1 aliphatic rings. The topological polar surface area (TPSA) is 35.9 Å². The third-order valence-corrected chi connectivity index (χ3v) is 4.67. The summed E-state index contributed by atoms with van der Waals surface area (Å²) in [5.41, 5.74) is 2.30. The van der Waals surface area contributed by atoms with Crippen LogP contribution >= 0.6 is 11.6 Å². The average molecular weight is 361 g/mol. The highest BCUT2D eigenvalue weighted by molar-refractivity contribution is 6.30. The maximum atomic E-state index is 10.2. The second-order valence-electron chi connectivity index (χ2n) is 6.42. The number of hydrogen-bond acceptors (Lipinski definition) is 4. The molecule has 1 saturated heterocycles. The lowest BCUT2D eigenvalue weighted by Gasteiger charge is -2.36. The highest BCUT2D eigenvalue weighted by Gasteiger charge is 2.19. The largest absolute Gasteiger partial charge is 0.389 e. The molecule has 0 unspecified atom stereocenters. The number of anilines is 1. The Labute approximate surface area is 154 Å². The lowest BCUT2D eigenvalue weighted by molar-refractivity contribution is 0.00914. The summed E-state index contributed by atoms with van der Waals surface area (Å²) in [4.78, 5) is 4.62. The summed E-state index contributed by atoms with van der Waals surface area (Å²) in [5.74, 6) is 0. The minimum atomic E-state index is -0.457.